The molecule has 5 nitrogen and oxygen atoms in total. The van der Waals surface area contributed by atoms with Crippen molar-refractivity contribution in [1.82, 2.24) is 4.98 Å². The van der Waals surface area contributed by atoms with Gasteiger partial charge in [-0.05, 0) is 96.3 Å². The fraction of sp³-hybridized carbons (Fsp3) is 0.156. The third kappa shape index (κ3) is 4.98. The molecule has 6 heteroatoms. The zero-order chi connectivity index (χ0) is 26.1. The Bertz CT molecular complexity index is 1600. The van der Waals surface area contributed by atoms with Gasteiger partial charge < -0.3 is 19.7 Å². The molecule has 1 N–H and O–H groups in total. The highest BCUT2D eigenvalue weighted by Gasteiger charge is 2.15. The number of aromatic nitrogens is 1. The maximum absolute atomic E-state index is 13.3. The molecule has 0 unspecified atom stereocenters. The first-order chi connectivity index (χ1) is 18.5. The maximum Gasteiger partial charge on any atom is 0.231 e. The molecule has 0 bridgehead atoms. The smallest absolute Gasteiger partial charge is 0.231 e. The molecule has 0 fully saturated rings. The van der Waals surface area contributed by atoms with Crippen LogP contribution < -0.4 is 19.7 Å². The number of ether oxygens (including phenoxy) is 2. The molecule has 6 rings (SSSR count). The van der Waals surface area contributed by atoms with Crippen LogP contribution in [0.4, 0.5) is 21.5 Å². The molecule has 38 heavy (non-hydrogen) atoms. The van der Waals surface area contributed by atoms with Crippen LogP contribution in [0.1, 0.15) is 11.3 Å². The van der Waals surface area contributed by atoms with Gasteiger partial charge in [0.2, 0.25) is 6.79 Å². The van der Waals surface area contributed by atoms with Crippen molar-refractivity contribution in [2.24, 2.45) is 0 Å². The number of benzene rings is 4. The van der Waals surface area contributed by atoms with E-state index in [1.54, 1.807) is 0 Å². The average Bonchev–Trinajstić information content (AvgIpc) is 3.41. The Labute approximate surface area is 221 Å². The van der Waals surface area contributed by atoms with Crippen LogP contribution in [0.5, 0.6) is 11.5 Å². The highest BCUT2D eigenvalue weighted by atomic mass is 19.1. The lowest BCUT2D eigenvalue weighted by Gasteiger charge is -2.16. The Morgan fingerprint density at radius 1 is 0.789 bits per heavy atom. The Hall–Kier alpha value is -4.58. The summed E-state index contributed by atoms with van der Waals surface area (Å²) in [5, 5.41) is 4.66. The van der Waals surface area contributed by atoms with Gasteiger partial charge in [0.15, 0.2) is 11.5 Å². The molecule has 190 valence electrons. The van der Waals surface area contributed by atoms with E-state index in [-0.39, 0.29) is 12.6 Å². The molecular weight excluding hydrogens is 477 g/mol. The molecule has 0 spiro atoms. The van der Waals surface area contributed by atoms with Gasteiger partial charge in [-0.2, -0.15) is 0 Å². The monoisotopic (exact) mass is 505 g/mol. The molecule has 0 saturated heterocycles. The topological polar surface area (TPSA) is 46.6 Å². The standard InChI is InChI=1S/C32H28FN3O2/c1-36(2)27-13-11-25(12-14-27)34-30-19-26(10-5-21-3-8-24(33)9-4-21)35-29-15-6-22(17-28(29)30)23-7-16-31-32(18-23)38-20-37-31/h3-4,6-9,11-19H,5,10,20H2,1-2H3,(H,34,35). The van der Waals surface area contributed by atoms with E-state index in [1.165, 1.54) is 12.1 Å². The average molecular weight is 506 g/mol. The van der Waals surface area contributed by atoms with Crippen LogP contribution in [0.2, 0.25) is 0 Å². The predicted molar refractivity (Wildman–Crippen MR) is 151 cm³/mol. The van der Waals surface area contributed by atoms with Crippen molar-refractivity contribution in [3.05, 3.63) is 108 Å². The highest BCUT2D eigenvalue weighted by molar-refractivity contribution is 5.96. The number of hydrogen-bond donors (Lipinski definition) is 1. The van der Waals surface area contributed by atoms with E-state index in [1.807, 2.05) is 44.4 Å². The quantitative estimate of drug-likeness (QED) is 0.250. The van der Waals surface area contributed by atoms with Gasteiger partial charge in [-0.3, -0.25) is 4.98 Å². The van der Waals surface area contributed by atoms with Crippen LogP contribution in [-0.2, 0) is 12.8 Å². The van der Waals surface area contributed by atoms with Crippen molar-refractivity contribution in [3.8, 4) is 22.6 Å². The lowest BCUT2D eigenvalue weighted by Crippen LogP contribution is -2.08. The van der Waals surface area contributed by atoms with E-state index < -0.39 is 0 Å². The van der Waals surface area contributed by atoms with E-state index in [9.17, 15) is 4.39 Å². The number of halogens is 1. The third-order valence-corrected chi connectivity index (χ3v) is 6.81. The first-order valence-electron chi connectivity index (χ1n) is 12.6. The maximum atomic E-state index is 13.3. The first kappa shape index (κ1) is 23.8. The van der Waals surface area contributed by atoms with Crippen LogP contribution >= 0.6 is 0 Å². The van der Waals surface area contributed by atoms with Gasteiger partial charge in [-0.1, -0.05) is 24.3 Å². The van der Waals surface area contributed by atoms with E-state index in [0.29, 0.717) is 0 Å². The summed E-state index contributed by atoms with van der Waals surface area (Å²) in [5.74, 6) is 1.31. The SMILES string of the molecule is CN(C)c1ccc(Nc2cc(CCc3ccc(F)cc3)nc3ccc(-c4ccc5c(c4)OCO5)cc23)cc1. The van der Waals surface area contributed by atoms with Gasteiger partial charge in [-0.15, -0.1) is 0 Å². The molecule has 4 aromatic carbocycles. The minimum absolute atomic E-state index is 0.220. The second-order valence-electron chi connectivity index (χ2n) is 9.65. The van der Waals surface area contributed by atoms with Crippen LogP contribution in [0.3, 0.4) is 0 Å². The summed E-state index contributed by atoms with van der Waals surface area (Å²) in [6.45, 7) is 0.252. The van der Waals surface area contributed by atoms with Gasteiger partial charge in [-0.25, -0.2) is 4.39 Å². The van der Waals surface area contributed by atoms with E-state index >= 15 is 0 Å². The molecule has 1 aliphatic rings. The number of rotatable bonds is 7. The molecule has 0 saturated carbocycles. The molecule has 1 aliphatic heterocycles. The molecule has 0 atom stereocenters. The molecule has 1 aromatic heterocycles. The van der Waals surface area contributed by atoms with Crippen molar-refractivity contribution < 1.29 is 13.9 Å². The van der Waals surface area contributed by atoms with Crippen LogP contribution in [0, 0.1) is 5.82 Å². The van der Waals surface area contributed by atoms with Crippen molar-refractivity contribution >= 4 is 28.0 Å². The number of aryl methyl sites for hydroxylation is 2. The Kier molecular flexibility index (Phi) is 6.30. The predicted octanol–water partition coefficient (Wildman–Crippen LogP) is 7.36. The molecule has 0 amide bonds. The Morgan fingerprint density at radius 2 is 1.53 bits per heavy atom. The van der Waals surface area contributed by atoms with Gasteiger partial charge in [0.25, 0.3) is 0 Å². The summed E-state index contributed by atoms with van der Waals surface area (Å²) in [6, 6.07) is 29.5. The molecular formula is C32H28FN3O2. The summed E-state index contributed by atoms with van der Waals surface area (Å²) < 4.78 is 24.4. The van der Waals surface area contributed by atoms with Crippen molar-refractivity contribution in [3.63, 3.8) is 0 Å². The molecule has 0 radical (unpaired) electrons. The summed E-state index contributed by atoms with van der Waals surface area (Å²) in [6.07, 6.45) is 1.53. The Morgan fingerprint density at radius 3 is 2.32 bits per heavy atom. The number of anilines is 3. The van der Waals surface area contributed by atoms with Crippen LogP contribution in [0.25, 0.3) is 22.0 Å². The number of pyridine rings is 1. The molecule has 2 heterocycles. The number of nitrogens with one attached hydrogen (secondary N) is 1. The van der Waals surface area contributed by atoms with Gasteiger partial charge in [0.05, 0.1) is 5.52 Å². The Balaban J connectivity index is 1.37. The number of fused-ring (bicyclic) bond motifs is 2. The second kappa shape index (κ2) is 10.1. The molecule has 0 aliphatic carbocycles. The molecule has 5 aromatic rings. The van der Waals surface area contributed by atoms with Crippen LogP contribution in [0.15, 0.2) is 91.0 Å². The van der Waals surface area contributed by atoms with Crippen molar-refractivity contribution in [2.75, 3.05) is 31.1 Å². The minimum Gasteiger partial charge on any atom is -0.454 e. The normalized spacial score (nSPS) is 12.1. The lowest BCUT2D eigenvalue weighted by atomic mass is 10.0. The van der Waals surface area contributed by atoms with Gasteiger partial charge in [0.1, 0.15) is 5.82 Å². The second-order valence-corrected chi connectivity index (χ2v) is 9.65. The van der Waals surface area contributed by atoms with Gasteiger partial charge >= 0.3 is 0 Å². The van der Waals surface area contributed by atoms with Crippen molar-refractivity contribution in [2.45, 2.75) is 12.8 Å². The minimum atomic E-state index is -0.220. The number of nitrogens with zero attached hydrogens (tertiary/aromatic N) is 2. The van der Waals surface area contributed by atoms with E-state index in [2.05, 4.69) is 58.7 Å². The van der Waals surface area contributed by atoms with Crippen LogP contribution in [-0.4, -0.2) is 25.9 Å². The fourth-order valence-corrected chi connectivity index (χ4v) is 4.69. The summed E-state index contributed by atoms with van der Waals surface area (Å²) in [5.41, 5.74) is 8.23. The summed E-state index contributed by atoms with van der Waals surface area (Å²) >= 11 is 0. The number of hydrogen-bond acceptors (Lipinski definition) is 5. The van der Waals surface area contributed by atoms with E-state index in [4.69, 9.17) is 14.5 Å². The fourth-order valence-electron chi connectivity index (χ4n) is 4.69. The summed E-state index contributed by atoms with van der Waals surface area (Å²) in [4.78, 5) is 7.05. The zero-order valence-electron chi connectivity index (χ0n) is 21.4. The zero-order valence-corrected chi connectivity index (χ0v) is 21.4. The lowest BCUT2D eigenvalue weighted by molar-refractivity contribution is 0.174. The third-order valence-electron chi connectivity index (χ3n) is 6.81. The van der Waals surface area contributed by atoms with Gasteiger partial charge in [0, 0.05) is 42.2 Å². The first-order valence-corrected chi connectivity index (χ1v) is 12.6. The summed E-state index contributed by atoms with van der Waals surface area (Å²) in [7, 11) is 4.06. The van der Waals surface area contributed by atoms with E-state index in [0.717, 1.165) is 74.7 Å². The van der Waals surface area contributed by atoms with Crippen molar-refractivity contribution in [1.29, 1.82) is 0 Å². The largest absolute Gasteiger partial charge is 0.454 e. The highest BCUT2D eigenvalue weighted by Crippen LogP contribution is 2.37.